The lowest BCUT2D eigenvalue weighted by molar-refractivity contribution is -0.142. The van der Waals surface area contributed by atoms with Crippen molar-refractivity contribution in [3.8, 4) is 0 Å². The number of rotatable bonds is 5. The Bertz CT molecular complexity index is 482. The minimum absolute atomic E-state index is 0.129. The number of benzene rings is 1. The standard InChI is InChI=1S/C17H23NO2/c1-2-12-3-5-13(6-4-12)9-10-18-14-7-8-16(18)15(11-14)17(19)20/h3-6,14-16H,2,7-11H2,1H3,(H,19,20). The molecule has 1 N–H and O–H groups in total. The molecule has 0 saturated carbocycles. The molecule has 1 aromatic carbocycles. The molecule has 2 saturated heterocycles. The first-order chi connectivity index (χ1) is 9.69. The minimum atomic E-state index is -0.602. The van der Waals surface area contributed by atoms with Crippen LogP contribution in [0, 0.1) is 5.92 Å². The fraction of sp³-hybridized carbons (Fsp3) is 0.588. The van der Waals surface area contributed by atoms with Crippen LogP contribution < -0.4 is 0 Å². The van der Waals surface area contributed by atoms with E-state index in [1.54, 1.807) is 0 Å². The molecule has 20 heavy (non-hydrogen) atoms. The van der Waals surface area contributed by atoms with Gasteiger partial charge < -0.3 is 5.11 Å². The lowest BCUT2D eigenvalue weighted by atomic mass is 9.89. The average Bonchev–Trinajstić information content (AvgIpc) is 3.02. The van der Waals surface area contributed by atoms with Crippen LogP contribution in [0.2, 0.25) is 0 Å². The van der Waals surface area contributed by atoms with Crippen LogP contribution in [0.5, 0.6) is 0 Å². The minimum Gasteiger partial charge on any atom is -0.481 e. The Hall–Kier alpha value is -1.35. The molecule has 2 aliphatic rings. The fourth-order valence-electron chi connectivity index (χ4n) is 3.91. The molecule has 0 radical (unpaired) electrons. The van der Waals surface area contributed by atoms with Crippen molar-refractivity contribution in [2.75, 3.05) is 6.54 Å². The van der Waals surface area contributed by atoms with Crippen LogP contribution in [0.3, 0.4) is 0 Å². The zero-order valence-electron chi connectivity index (χ0n) is 12.1. The number of carbonyl (C=O) groups is 1. The number of aliphatic carboxylic acids is 1. The molecule has 108 valence electrons. The Morgan fingerprint density at radius 2 is 1.95 bits per heavy atom. The summed E-state index contributed by atoms with van der Waals surface area (Å²) < 4.78 is 0. The highest BCUT2D eigenvalue weighted by Gasteiger charge is 2.48. The van der Waals surface area contributed by atoms with Crippen LogP contribution in [-0.4, -0.2) is 34.6 Å². The third-order valence-electron chi connectivity index (χ3n) is 5.09. The number of carboxylic acids is 1. The Kier molecular flexibility index (Phi) is 3.79. The maximum atomic E-state index is 11.3. The number of hydrogen-bond acceptors (Lipinski definition) is 2. The van der Waals surface area contributed by atoms with E-state index in [0.717, 1.165) is 32.2 Å². The highest BCUT2D eigenvalue weighted by Crippen LogP contribution is 2.41. The van der Waals surface area contributed by atoms with Gasteiger partial charge in [0.15, 0.2) is 0 Å². The second-order valence-electron chi connectivity index (χ2n) is 6.14. The summed E-state index contributed by atoms with van der Waals surface area (Å²) >= 11 is 0. The zero-order valence-corrected chi connectivity index (χ0v) is 12.1. The molecule has 0 aliphatic carbocycles. The fourth-order valence-corrected chi connectivity index (χ4v) is 3.91. The van der Waals surface area contributed by atoms with Crippen LogP contribution in [0.25, 0.3) is 0 Å². The van der Waals surface area contributed by atoms with Crippen LogP contribution >= 0.6 is 0 Å². The zero-order chi connectivity index (χ0) is 14.1. The van der Waals surface area contributed by atoms with Gasteiger partial charge >= 0.3 is 5.97 Å². The average molecular weight is 273 g/mol. The first-order valence-electron chi connectivity index (χ1n) is 7.75. The largest absolute Gasteiger partial charge is 0.481 e. The van der Waals surface area contributed by atoms with Crippen molar-refractivity contribution in [2.45, 2.75) is 51.1 Å². The topological polar surface area (TPSA) is 40.5 Å². The number of fused-ring (bicyclic) bond motifs is 2. The van der Waals surface area contributed by atoms with Crippen LogP contribution in [-0.2, 0) is 17.6 Å². The Labute approximate surface area is 120 Å². The molecule has 0 aromatic heterocycles. The summed E-state index contributed by atoms with van der Waals surface area (Å²) in [5.41, 5.74) is 2.74. The van der Waals surface area contributed by atoms with Gasteiger partial charge in [0.1, 0.15) is 0 Å². The highest BCUT2D eigenvalue weighted by atomic mass is 16.4. The summed E-state index contributed by atoms with van der Waals surface area (Å²) in [6.45, 7) is 3.17. The van der Waals surface area contributed by atoms with Gasteiger partial charge in [-0.3, -0.25) is 9.69 Å². The molecule has 2 fully saturated rings. The normalized spacial score (nSPS) is 28.9. The lowest BCUT2D eigenvalue weighted by Crippen LogP contribution is -2.34. The molecule has 2 aliphatic heterocycles. The molecular weight excluding hydrogens is 250 g/mol. The van der Waals surface area contributed by atoms with E-state index in [1.165, 1.54) is 17.5 Å². The van der Waals surface area contributed by atoms with Crippen molar-refractivity contribution in [3.05, 3.63) is 35.4 Å². The maximum absolute atomic E-state index is 11.3. The summed E-state index contributed by atoms with van der Waals surface area (Å²) in [6, 6.07) is 9.63. The monoisotopic (exact) mass is 273 g/mol. The van der Waals surface area contributed by atoms with E-state index in [4.69, 9.17) is 0 Å². The van der Waals surface area contributed by atoms with Gasteiger partial charge in [-0.15, -0.1) is 0 Å². The molecule has 3 unspecified atom stereocenters. The molecule has 3 rings (SSSR count). The SMILES string of the molecule is CCc1ccc(CCN2C3CCC2C(C(=O)O)C3)cc1. The molecule has 2 bridgehead atoms. The van der Waals surface area contributed by atoms with Gasteiger partial charge in [-0.25, -0.2) is 0 Å². The van der Waals surface area contributed by atoms with Gasteiger partial charge in [0.05, 0.1) is 5.92 Å². The van der Waals surface area contributed by atoms with Crippen molar-refractivity contribution in [3.63, 3.8) is 0 Å². The Morgan fingerprint density at radius 1 is 1.25 bits per heavy atom. The second-order valence-corrected chi connectivity index (χ2v) is 6.14. The van der Waals surface area contributed by atoms with Gasteiger partial charge in [0.25, 0.3) is 0 Å². The Balaban J connectivity index is 1.60. The van der Waals surface area contributed by atoms with Crippen molar-refractivity contribution >= 4 is 5.97 Å². The molecule has 3 nitrogen and oxygen atoms in total. The van der Waals surface area contributed by atoms with E-state index < -0.39 is 5.97 Å². The van der Waals surface area contributed by atoms with Gasteiger partial charge in [-0.05, 0) is 43.2 Å². The number of nitrogens with zero attached hydrogens (tertiary/aromatic N) is 1. The maximum Gasteiger partial charge on any atom is 0.308 e. The van der Waals surface area contributed by atoms with Crippen molar-refractivity contribution in [2.24, 2.45) is 5.92 Å². The van der Waals surface area contributed by atoms with Crippen molar-refractivity contribution in [1.29, 1.82) is 0 Å². The number of hydrogen-bond donors (Lipinski definition) is 1. The first kappa shape index (κ1) is 13.6. The third kappa shape index (κ3) is 2.47. The lowest BCUT2D eigenvalue weighted by Gasteiger charge is -2.22. The van der Waals surface area contributed by atoms with Gasteiger partial charge in [0, 0.05) is 18.6 Å². The molecular formula is C17H23NO2. The van der Waals surface area contributed by atoms with Crippen molar-refractivity contribution < 1.29 is 9.90 Å². The quantitative estimate of drug-likeness (QED) is 0.896. The predicted octanol–water partition coefficient (Wildman–Crippen LogP) is 2.73. The highest BCUT2D eigenvalue weighted by molar-refractivity contribution is 5.71. The van der Waals surface area contributed by atoms with Gasteiger partial charge in [-0.2, -0.15) is 0 Å². The summed E-state index contributed by atoms with van der Waals surface area (Å²) in [7, 11) is 0. The number of carboxylic acid groups (broad SMARTS) is 1. The van der Waals surface area contributed by atoms with Crippen LogP contribution in [0.1, 0.15) is 37.3 Å². The van der Waals surface area contributed by atoms with E-state index in [9.17, 15) is 9.90 Å². The summed E-state index contributed by atoms with van der Waals surface area (Å²) in [5.74, 6) is -0.731. The van der Waals surface area contributed by atoms with Gasteiger partial charge in [-0.1, -0.05) is 31.2 Å². The Morgan fingerprint density at radius 3 is 2.55 bits per heavy atom. The summed E-state index contributed by atoms with van der Waals surface area (Å²) in [5, 5.41) is 9.27. The first-order valence-corrected chi connectivity index (χ1v) is 7.75. The summed E-state index contributed by atoms with van der Waals surface area (Å²) in [6.07, 6.45) is 5.22. The van der Waals surface area contributed by atoms with Crippen LogP contribution in [0.15, 0.2) is 24.3 Å². The van der Waals surface area contributed by atoms with Gasteiger partial charge in [0.2, 0.25) is 0 Å². The predicted molar refractivity (Wildman–Crippen MR) is 78.8 cm³/mol. The van der Waals surface area contributed by atoms with Crippen LogP contribution in [0.4, 0.5) is 0 Å². The molecule has 0 spiro atoms. The third-order valence-corrected chi connectivity index (χ3v) is 5.09. The van der Waals surface area contributed by atoms with Crippen molar-refractivity contribution in [1.82, 2.24) is 4.90 Å². The smallest absolute Gasteiger partial charge is 0.308 e. The van der Waals surface area contributed by atoms with E-state index in [-0.39, 0.29) is 12.0 Å². The van der Waals surface area contributed by atoms with E-state index in [2.05, 4.69) is 36.1 Å². The molecule has 0 amide bonds. The summed E-state index contributed by atoms with van der Waals surface area (Å²) in [4.78, 5) is 13.7. The molecule has 3 atom stereocenters. The molecule has 2 heterocycles. The molecule has 3 heteroatoms. The van der Waals surface area contributed by atoms with E-state index in [0.29, 0.717) is 6.04 Å². The second kappa shape index (κ2) is 5.57. The number of aryl methyl sites for hydroxylation is 1. The van der Waals surface area contributed by atoms with E-state index in [1.807, 2.05) is 0 Å². The van der Waals surface area contributed by atoms with E-state index >= 15 is 0 Å². The molecule has 1 aromatic rings.